The van der Waals surface area contributed by atoms with E-state index >= 15 is 0 Å². The van der Waals surface area contributed by atoms with E-state index in [2.05, 4.69) is 5.32 Å². The van der Waals surface area contributed by atoms with E-state index in [0.29, 0.717) is 5.75 Å². The van der Waals surface area contributed by atoms with Crippen molar-refractivity contribution in [2.24, 2.45) is 11.7 Å². The van der Waals surface area contributed by atoms with Gasteiger partial charge in [-0.1, -0.05) is 24.6 Å². The Hall–Kier alpha value is -1.49. The molecule has 1 fully saturated rings. The van der Waals surface area contributed by atoms with Gasteiger partial charge in [0, 0.05) is 10.9 Å². The van der Waals surface area contributed by atoms with Crippen molar-refractivity contribution in [3.05, 3.63) is 30.3 Å². The predicted molar refractivity (Wildman–Crippen MR) is 75.6 cm³/mol. The van der Waals surface area contributed by atoms with E-state index in [1.54, 1.807) is 0 Å². The fourth-order valence-corrected chi connectivity index (χ4v) is 3.12. The average Bonchev–Trinajstić information content (AvgIpc) is 2.86. The first-order valence-corrected chi connectivity index (χ1v) is 7.42. The van der Waals surface area contributed by atoms with Crippen molar-refractivity contribution < 1.29 is 9.59 Å². The molecule has 0 heterocycles. The minimum absolute atomic E-state index is 0.0352. The van der Waals surface area contributed by atoms with E-state index < -0.39 is 0 Å². The summed E-state index contributed by atoms with van der Waals surface area (Å²) in [6, 6.07) is 9.70. The summed E-state index contributed by atoms with van der Waals surface area (Å²) in [5, 5.41) is 2.92. The van der Waals surface area contributed by atoms with Gasteiger partial charge in [-0.15, -0.1) is 11.8 Å². The highest BCUT2D eigenvalue weighted by atomic mass is 32.2. The second-order valence-corrected chi connectivity index (χ2v) is 5.76. The second-order valence-electron chi connectivity index (χ2n) is 4.72. The van der Waals surface area contributed by atoms with Gasteiger partial charge in [-0.25, -0.2) is 0 Å². The zero-order chi connectivity index (χ0) is 13.7. The molecule has 2 amide bonds. The van der Waals surface area contributed by atoms with Gasteiger partial charge in [0.1, 0.15) is 0 Å². The van der Waals surface area contributed by atoms with Gasteiger partial charge in [0.15, 0.2) is 0 Å². The maximum absolute atomic E-state index is 11.9. The van der Waals surface area contributed by atoms with Crippen LogP contribution in [0.4, 0.5) is 0 Å². The molecule has 2 unspecified atom stereocenters. The number of thioether (sulfide) groups is 1. The number of nitrogens with one attached hydrogen (secondary N) is 1. The van der Waals surface area contributed by atoms with Crippen molar-refractivity contribution in [3.63, 3.8) is 0 Å². The molecule has 2 atom stereocenters. The van der Waals surface area contributed by atoms with Gasteiger partial charge in [0.2, 0.25) is 11.8 Å². The molecule has 19 heavy (non-hydrogen) atoms. The summed E-state index contributed by atoms with van der Waals surface area (Å²) >= 11 is 1.49. The van der Waals surface area contributed by atoms with Crippen molar-refractivity contribution in [1.82, 2.24) is 5.32 Å². The summed E-state index contributed by atoms with van der Waals surface area (Å²) < 4.78 is 0. The Bertz CT molecular complexity index is 450. The second kappa shape index (κ2) is 6.61. The van der Waals surface area contributed by atoms with E-state index in [9.17, 15) is 9.59 Å². The van der Waals surface area contributed by atoms with Crippen molar-refractivity contribution in [3.8, 4) is 0 Å². The highest BCUT2D eigenvalue weighted by Crippen LogP contribution is 2.25. The standard InChI is InChI=1S/C14H18N2O2S/c15-14(18)11-7-4-8-12(11)16-13(17)9-19-10-5-2-1-3-6-10/h1-3,5-6,11-12H,4,7-9H2,(H2,15,18)(H,16,17). The van der Waals surface area contributed by atoms with Gasteiger partial charge in [0.25, 0.3) is 0 Å². The maximum Gasteiger partial charge on any atom is 0.230 e. The third-order valence-electron chi connectivity index (χ3n) is 3.34. The van der Waals surface area contributed by atoms with Crippen LogP contribution in [0.1, 0.15) is 19.3 Å². The molecule has 1 aromatic rings. The van der Waals surface area contributed by atoms with Gasteiger partial charge in [-0.3, -0.25) is 9.59 Å². The molecule has 1 aliphatic rings. The SMILES string of the molecule is NC(=O)C1CCCC1NC(=O)CSc1ccccc1. The Morgan fingerprint density at radius 3 is 2.68 bits per heavy atom. The fraction of sp³-hybridized carbons (Fsp3) is 0.429. The Labute approximate surface area is 117 Å². The molecule has 0 aromatic heterocycles. The van der Waals surface area contributed by atoms with Crippen LogP contribution in [0, 0.1) is 5.92 Å². The van der Waals surface area contributed by atoms with Crippen molar-refractivity contribution in [2.75, 3.05) is 5.75 Å². The molecule has 1 saturated carbocycles. The zero-order valence-corrected chi connectivity index (χ0v) is 11.5. The average molecular weight is 278 g/mol. The molecule has 1 aromatic carbocycles. The smallest absolute Gasteiger partial charge is 0.230 e. The Kier molecular flexibility index (Phi) is 4.85. The number of hydrogen-bond donors (Lipinski definition) is 2. The number of amides is 2. The highest BCUT2D eigenvalue weighted by Gasteiger charge is 2.32. The largest absolute Gasteiger partial charge is 0.369 e. The van der Waals surface area contributed by atoms with Crippen LogP contribution < -0.4 is 11.1 Å². The van der Waals surface area contributed by atoms with Gasteiger partial charge >= 0.3 is 0 Å². The monoisotopic (exact) mass is 278 g/mol. The van der Waals surface area contributed by atoms with Crippen molar-refractivity contribution in [2.45, 2.75) is 30.2 Å². The fourth-order valence-electron chi connectivity index (χ4n) is 2.39. The molecule has 0 bridgehead atoms. The number of rotatable bonds is 5. The van der Waals surface area contributed by atoms with Crippen LogP contribution in [0.2, 0.25) is 0 Å². The molecule has 3 N–H and O–H groups in total. The molecule has 0 radical (unpaired) electrons. The van der Waals surface area contributed by atoms with Crippen LogP contribution in [0.15, 0.2) is 35.2 Å². The molecule has 4 nitrogen and oxygen atoms in total. The van der Waals surface area contributed by atoms with Gasteiger partial charge < -0.3 is 11.1 Å². The lowest BCUT2D eigenvalue weighted by atomic mass is 10.0. The molecular formula is C14H18N2O2S. The normalized spacial score (nSPS) is 22.1. The van der Waals surface area contributed by atoms with Gasteiger partial charge in [-0.05, 0) is 25.0 Å². The number of hydrogen-bond acceptors (Lipinski definition) is 3. The summed E-state index contributed by atoms with van der Waals surface area (Å²) in [7, 11) is 0. The summed E-state index contributed by atoms with van der Waals surface area (Å²) in [6.45, 7) is 0. The van der Waals surface area contributed by atoms with E-state index in [-0.39, 0.29) is 23.8 Å². The summed E-state index contributed by atoms with van der Waals surface area (Å²) in [5.74, 6) is -0.178. The first-order valence-electron chi connectivity index (χ1n) is 6.43. The van der Waals surface area contributed by atoms with Gasteiger partial charge in [-0.2, -0.15) is 0 Å². The number of benzene rings is 1. The Morgan fingerprint density at radius 2 is 2.00 bits per heavy atom. The molecule has 0 saturated heterocycles. The lowest BCUT2D eigenvalue weighted by molar-refractivity contribution is -0.123. The molecule has 102 valence electrons. The van der Waals surface area contributed by atoms with E-state index in [1.807, 2.05) is 30.3 Å². The summed E-state index contributed by atoms with van der Waals surface area (Å²) in [5.41, 5.74) is 5.33. The van der Waals surface area contributed by atoms with Crippen LogP contribution in [-0.4, -0.2) is 23.6 Å². The van der Waals surface area contributed by atoms with Crippen LogP contribution in [-0.2, 0) is 9.59 Å². The maximum atomic E-state index is 11.9. The topological polar surface area (TPSA) is 72.2 Å². The quantitative estimate of drug-likeness (QED) is 0.803. The van der Waals surface area contributed by atoms with Crippen molar-refractivity contribution >= 4 is 23.6 Å². The molecular weight excluding hydrogens is 260 g/mol. The molecule has 1 aliphatic carbocycles. The van der Waals surface area contributed by atoms with Crippen molar-refractivity contribution in [1.29, 1.82) is 0 Å². The van der Waals surface area contributed by atoms with E-state index in [1.165, 1.54) is 11.8 Å². The lowest BCUT2D eigenvalue weighted by Gasteiger charge is -2.18. The predicted octanol–water partition coefficient (Wildman–Crippen LogP) is 1.55. The number of carbonyl (C=O) groups excluding carboxylic acids is 2. The minimum atomic E-state index is -0.307. The Balaban J connectivity index is 1.80. The highest BCUT2D eigenvalue weighted by molar-refractivity contribution is 8.00. The van der Waals surface area contributed by atoms with E-state index in [4.69, 9.17) is 5.73 Å². The molecule has 0 spiro atoms. The first-order chi connectivity index (χ1) is 9.16. The molecule has 5 heteroatoms. The number of nitrogens with two attached hydrogens (primary N) is 1. The number of carbonyl (C=O) groups is 2. The van der Waals surface area contributed by atoms with Crippen LogP contribution in [0.25, 0.3) is 0 Å². The third-order valence-corrected chi connectivity index (χ3v) is 4.35. The van der Waals surface area contributed by atoms with E-state index in [0.717, 1.165) is 24.2 Å². The summed E-state index contributed by atoms with van der Waals surface area (Å²) in [4.78, 5) is 24.2. The first kappa shape index (κ1) is 13.9. The lowest BCUT2D eigenvalue weighted by Crippen LogP contribution is -2.42. The Morgan fingerprint density at radius 1 is 1.26 bits per heavy atom. The van der Waals surface area contributed by atoms with Gasteiger partial charge in [0.05, 0.1) is 11.7 Å². The van der Waals surface area contributed by atoms with Crippen LogP contribution >= 0.6 is 11.8 Å². The minimum Gasteiger partial charge on any atom is -0.369 e. The molecule has 0 aliphatic heterocycles. The van der Waals surface area contributed by atoms with Crippen LogP contribution in [0.5, 0.6) is 0 Å². The van der Waals surface area contributed by atoms with Crippen LogP contribution in [0.3, 0.4) is 0 Å². The third kappa shape index (κ3) is 3.99. The zero-order valence-electron chi connectivity index (χ0n) is 10.7. The molecule has 2 rings (SSSR count). The number of primary amides is 1. The summed E-state index contributed by atoms with van der Waals surface area (Å²) in [6.07, 6.45) is 2.58.